The highest BCUT2D eigenvalue weighted by atomic mass is 31.2. The first-order valence-corrected chi connectivity index (χ1v) is 23.4. The van der Waals surface area contributed by atoms with Crippen LogP contribution in [0.3, 0.4) is 0 Å². The molecule has 0 spiro atoms. The van der Waals surface area contributed by atoms with Gasteiger partial charge in [-0.1, -0.05) is 141 Å². The number of aliphatic hydroxyl groups excluding tert-OH is 3. The summed E-state index contributed by atoms with van der Waals surface area (Å²) in [6.07, 6.45) is 31.7. The normalized spacial score (nSPS) is 21.2. The van der Waals surface area contributed by atoms with Crippen LogP contribution in [-0.4, -0.2) is 83.3 Å². The smallest absolute Gasteiger partial charge is 0.472 e. The number of carbonyl (C=O) groups is 1. The lowest BCUT2D eigenvalue weighted by molar-refractivity contribution is -0.199. The number of unbranched alkanes of at least 4 members (excludes halogenated alkanes) is 17. The van der Waals surface area contributed by atoms with Gasteiger partial charge in [0.1, 0.15) is 6.61 Å². The highest BCUT2D eigenvalue weighted by molar-refractivity contribution is 7.47. The molecule has 1 rings (SSSR count). The van der Waals surface area contributed by atoms with Crippen LogP contribution in [0.1, 0.15) is 168 Å². The van der Waals surface area contributed by atoms with E-state index in [1.165, 1.54) is 83.3 Å². The summed E-state index contributed by atoms with van der Waals surface area (Å²) in [5.41, 5.74) is 5.36. The van der Waals surface area contributed by atoms with Crippen LogP contribution < -0.4 is 5.73 Å². The Kier molecular flexibility index (Phi) is 33.1. The zero-order valence-corrected chi connectivity index (χ0v) is 35.8. The maximum atomic E-state index is 12.5. The van der Waals surface area contributed by atoms with E-state index in [2.05, 4.69) is 13.8 Å². The van der Waals surface area contributed by atoms with Gasteiger partial charge in [0.05, 0.1) is 37.8 Å². The van der Waals surface area contributed by atoms with E-state index in [1.807, 2.05) is 18.2 Å². The van der Waals surface area contributed by atoms with E-state index in [-0.39, 0.29) is 45.1 Å². The molecule has 0 saturated carbocycles. The molecule has 0 aliphatic carbocycles. The lowest BCUT2D eigenvalue weighted by Gasteiger charge is -2.36. The van der Waals surface area contributed by atoms with Crippen LogP contribution in [0, 0.1) is 5.92 Å². The lowest BCUT2D eigenvalue weighted by Crippen LogP contribution is -2.43. The van der Waals surface area contributed by atoms with E-state index in [1.54, 1.807) is 12.2 Å². The third-order valence-electron chi connectivity index (χ3n) is 9.94. The van der Waals surface area contributed by atoms with Gasteiger partial charge in [-0.15, -0.1) is 0 Å². The quantitative estimate of drug-likeness (QED) is 0.0132. The van der Waals surface area contributed by atoms with Crippen LogP contribution >= 0.6 is 7.82 Å². The van der Waals surface area contributed by atoms with Crippen LogP contribution in [0.2, 0.25) is 0 Å². The van der Waals surface area contributed by atoms with Crippen LogP contribution in [0.4, 0.5) is 0 Å². The molecular weight excluding hydrogens is 737 g/mol. The minimum absolute atomic E-state index is 0.0614. The Bertz CT molecular complexity index is 1070. The molecule has 1 aliphatic rings. The van der Waals surface area contributed by atoms with Crippen molar-refractivity contribution in [3.05, 3.63) is 36.6 Å². The fourth-order valence-electron chi connectivity index (χ4n) is 6.55. The summed E-state index contributed by atoms with van der Waals surface area (Å²) >= 11 is 0. The minimum atomic E-state index is -4.33. The number of phosphoric ester groups is 1. The summed E-state index contributed by atoms with van der Waals surface area (Å²) in [6.45, 7) is 3.80. The van der Waals surface area contributed by atoms with E-state index in [0.717, 1.165) is 38.5 Å². The van der Waals surface area contributed by atoms with Crippen molar-refractivity contribution in [3.8, 4) is 0 Å². The first kappa shape index (κ1) is 52.4. The molecule has 0 aromatic rings. The van der Waals surface area contributed by atoms with Gasteiger partial charge in [-0.05, 0) is 44.6 Å². The Morgan fingerprint density at radius 1 is 0.821 bits per heavy atom. The van der Waals surface area contributed by atoms with Crippen molar-refractivity contribution in [2.75, 3.05) is 26.4 Å². The number of nitrogens with two attached hydrogens (primary N) is 1. The number of phosphoric acid groups is 1. The number of carbonyl (C=O) groups excluding carboxylic acids is 1. The summed E-state index contributed by atoms with van der Waals surface area (Å²) in [5, 5.41) is 30.9. The Labute approximate surface area is 339 Å². The van der Waals surface area contributed by atoms with E-state index >= 15 is 0 Å². The monoisotopic (exact) mass is 818 g/mol. The number of hydrogen-bond acceptors (Lipinski definition) is 11. The summed E-state index contributed by atoms with van der Waals surface area (Å²) < 4.78 is 38.8. The average Bonchev–Trinajstić information content (AvgIpc) is 3.17. The molecule has 7 atom stereocenters. The number of hydrogen-bond donors (Lipinski definition) is 5. The fourth-order valence-corrected chi connectivity index (χ4v) is 7.31. The highest BCUT2D eigenvalue weighted by Crippen LogP contribution is 2.43. The lowest BCUT2D eigenvalue weighted by atomic mass is 9.87. The summed E-state index contributed by atoms with van der Waals surface area (Å²) in [5.74, 6) is -0.709. The van der Waals surface area contributed by atoms with Gasteiger partial charge in [0.2, 0.25) is 0 Å². The molecule has 12 nitrogen and oxygen atoms in total. The molecule has 1 aliphatic heterocycles. The van der Waals surface area contributed by atoms with E-state index in [0.29, 0.717) is 25.7 Å². The third-order valence-corrected chi connectivity index (χ3v) is 10.9. The van der Waals surface area contributed by atoms with Crippen molar-refractivity contribution < 1.29 is 52.8 Å². The van der Waals surface area contributed by atoms with Crippen molar-refractivity contribution in [1.29, 1.82) is 0 Å². The van der Waals surface area contributed by atoms with Crippen molar-refractivity contribution in [2.24, 2.45) is 11.7 Å². The Balaban J connectivity index is 2.40. The van der Waals surface area contributed by atoms with Gasteiger partial charge in [-0.2, -0.15) is 0 Å². The van der Waals surface area contributed by atoms with Gasteiger partial charge in [-0.25, -0.2) is 4.57 Å². The molecule has 56 heavy (non-hydrogen) atoms. The van der Waals surface area contributed by atoms with Gasteiger partial charge in [0, 0.05) is 25.3 Å². The summed E-state index contributed by atoms with van der Waals surface area (Å²) in [7, 11) is -4.33. The molecule has 13 heteroatoms. The number of ether oxygens (including phenoxy) is 3. The molecule has 0 bridgehead atoms. The second kappa shape index (κ2) is 35.4. The maximum absolute atomic E-state index is 12.5. The van der Waals surface area contributed by atoms with Gasteiger partial charge in [-0.3, -0.25) is 13.8 Å². The van der Waals surface area contributed by atoms with Crippen molar-refractivity contribution in [3.63, 3.8) is 0 Å². The standard InChI is InChI=1S/C43H80NO11P/c1-3-5-7-8-9-10-11-12-13-14-15-16-17-18-21-25-32-51-38(36-54-56(49,50)53-33-31-44)35-52-42(47)28-24-20-19-23-27-39-40(46)34-43(48)55-41(39)30-29-37(45)26-22-6-4-2/h19,23,25,29-30,32,37-41,43,45-46,48H,3-18,20-22,24,26-28,31,33-36,44H2,1-2H3,(H,49,50)/b23-19-,30-29+,32-25-/t37-,38+,39-,40-,41+,43?/m0/s1. The molecular formula is C43H80NO11P. The first-order chi connectivity index (χ1) is 27.1. The fraction of sp³-hybridized carbons (Fsp3) is 0.837. The molecule has 328 valence electrons. The van der Waals surface area contributed by atoms with E-state index < -0.39 is 44.5 Å². The van der Waals surface area contributed by atoms with Crippen molar-refractivity contribution in [2.45, 2.75) is 199 Å². The highest BCUT2D eigenvalue weighted by Gasteiger charge is 2.35. The number of rotatable bonds is 37. The van der Waals surface area contributed by atoms with Gasteiger partial charge >= 0.3 is 13.8 Å². The molecule has 0 aromatic heterocycles. The maximum Gasteiger partial charge on any atom is 0.472 e. The van der Waals surface area contributed by atoms with E-state index in [9.17, 15) is 29.6 Å². The van der Waals surface area contributed by atoms with Crippen molar-refractivity contribution in [1.82, 2.24) is 0 Å². The molecule has 1 fully saturated rings. The largest absolute Gasteiger partial charge is 0.492 e. The zero-order chi connectivity index (χ0) is 41.1. The molecule has 0 aromatic carbocycles. The molecule has 0 radical (unpaired) electrons. The number of aliphatic hydroxyl groups is 3. The molecule has 1 saturated heterocycles. The molecule has 6 N–H and O–H groups in total. The third kappa shape index (κ3) is 29.6. The molecule has 1 heterocycles. The second-order valence-electron chi connectivity index (χ2n) is 15.2. The average molecular weight is 818 g/mol. The van der Waals surface area contributed by atoms with Crippen molar-refractivity contribution >= 4 is 13.8 Å². The summed E-state index contributed by atoms with van der Waals surface area (Å²) in [6, 6.07) is 0. The Morgan fingerprint density at radius 2 is 1.43 bits per heavy atom. The molecule has 2 unspecified atom stereocenters. The number of esters is 1. The van der Waals surface area contributed by atoms with Crippen LogP contribution in [0.15, 0.2) is 36.6 Å². The first-order valence-electron chi connectivity index (χ1n) is 21.9. The SMILES string of the molecule is CCCCCCCCCCCCCCCC/C=C\O[C@H](COC(=O)CCC/C=C\C[C@H]1[C@@H](O)CC(O)O[C@@H]1/C=C/[C@@H](O)CCCCC)COP(=O)(O)OCCN. The predicted molar refractivity (Wildman–Crippen MR) is 223 cm³/mol. The predicted octanol–water partition coefficient (Wildman–Crippen LogP) is 9.09. The van der Waals surface area contributed by atoms with Crippen LogP contribution in [0.25, 0.3) is 0 Å². The molecule has 0 amide bonds. The Hall–Kier alpha value is -1.60. The second-order valence-corrected chi connectivity index (χ2v) is 16.6. The summed E-state index contributed by atoms with van der Waals surface area (Å²) in [4.78, 5) is 22.4. The van der Waals surface area contributed by atoms with E-state index in [4.69, 9.17) is 29.0 Å². The van der Waals surface area contributed by atoms with Gasteiger partial charge in [0.25, 0.3) is 0 Å². The van der Waals surface area contributed by atoms with Crippen LogP contribution in [0.5, 0.6) is 0 Å². The van der Waals surface area contributed by atoms with Gasteiger partial charge < -0.3 is 40.2 Å². The number of allylic oxidation sites excluding steroid dienone is 3. The topological polar surface area (TPSA) is 187 Å². The minimum Gasteiger partial charge on any atom is -0.492 e. The van der Waals surface area contributed by atoms with Gasteiger partial charge in [0.15, 0.2) is 12.4 Å². The zero-order valence-electron chi connectivity index (χ0n) is 34.9. The van der Waals surface area contributed by atoms with Crippen LogP contribution in [-0.2, 0) is 32.6 Å². The Morgan fingerprint density at radius 3 is 2.07 bits per heavy atom.